The van der Waals surface area contributed by atoms with Crippen molar-refractivity contribution in [1.29, 1.82) is 5.26 Å². The van der Waals surface area contributed by atoms with Gasteiger partial charge in [0.1, 0.15) is 0 Å². The van der Waals surface area contributed by atoms with Crippen LogP contribution < -0.4 is 0 Å². The van der Waals surface area contributed by atoms with E-state index in [4.69, 9.17) is 5.26 Å². The number of piperazine rings is 1. The highest BCUT2D eigenvalue weighted by Crippen LogP contribution is 2.27. The first-order valence-electron chi connectivity index (χ1n) is 8.37. The minimum absolute atomic E-state index is 0.268. The van der Waals surface area contributed by atoms with Gasteiger partial charge in [0.2, 0.25) is 10.0 Å². The molecule has 140 valence electrons. The molecule has 1 aliphatic rings. The standard InChI is InChI=1S/C18H18N4O4S/c19-13-15-5-7-16(8-6-15)14-20-9-11-21(12-10-20)27(25,26)18-4-2-1-3-17(18)22(23)24/h1-8H,9-12,14H2. The Bertz CT molecular complexity index is 975. The van der Waals surface area contributed by atoms with Crippen LogP contribution in [0.25, 0.3) is 0 Å². The van der Waals surface area contributed by atoms with Crippen LogP contribution in [0.3, 0.4) is 0 Å². The lowest BCUT2D eigenvalue weighted by Gasteiger charge is -2.33. The summed E-state index contributed by atoms with van der Waals surface area (Å²) in [5, 5.41) is 20.0. The summed E-state index contributed by atoms with van der Waals surface area (Å²) in [6, 6.07) is 14.8. The molecule has 0 bridgehead atoms. The lowest BCUT2D eigenvalue weighted by Crippen LogP contribution is -2.48. The minimum Gasteiger partial charge on any atom is -0.296 e. The van der Waals surface area contributed by atoms with Gasteiger partial charge in [0.25, 0.3) is 5.69 Å². The summed E-state index contributed by atoms with van der Waals surface area (Å²) in [5.41, 5.74) is 1.24. The van der Waals surface area contributed by atoms with E-state index in [0.717, 1.165) is 5.56 Å². The molecule has 0 amide bonds. The van der Waals surface area contributed by atoms with Gasteiger partial charge in [-0.1, -0.05) is 24.3 Å². The van der Waals surface area contributed by atoms with Crippen LogP contribution in [0.2, 0.25) is 0 Å². The molecule has 1 fully saturated rings. The highest BCUT2D eigenvalue weighted by molar-refractivity contribution is 7.89. The molecule has 3 rings (SSSR count). The highest BCUT2D eigenvalue weighted by Gasteiger charge is 2.33. The van der Waals surface area contributed by atoms with Crippen LogP contribution in [-0.2, 0) is 16.6 Å². The van der Waals surface area contributed by atoms with Crippen LogP contribution in [0, 0.1) is 21.4 Å². The number of rotatable bonds is 5. The number of nitro groups is 1. The molecule has 0 atom stereocenters. The molecule has 0 radical (unpaired) electrons. The van der Waals surface area contributed by atoms with Gasteiger partial charge in [-0.25, -0.2) is 8.42 Å². The van der Waals surface area contributed by atoms with E-state index in [1.807, 2.05) is 12.1 Å². The molecular weight excluding hydrogens is 368 g/mol. The predicted molar refractivity (Wildman–Crippen MR) is 98.3 cm³/mol. The molecule has 0 saturated carbocycles. The lowest BCUT2D eigenvalue weighted by atomic mass is 10.1. The molecule has 0 N–H and O–H groups in total. The number of nitriles is 1. The number of benzene rings is 2. The molecular formula is C18H18N4O4S. The van der Waals surface area contributed by atoms with Gasteiger partial charge in [-0.15, -0.1) is 0 Å². The van der Waals surface area contributed by atoms with Gasteiger partial charge in [0, 0.05) is 38.8 Å². The Morgan fingerprint density at radius 3 is 2.26 bits per heavy atom. The summed E-state index contributed by atoms with van der Waals surface area (Å²) < 4.78 is 26.9. The van der Waals surface area contributed by atoms with Crippen molar-refractivity contribution in [2.75, 3.05) is 26.2 Å². The SMILES string of the molecule is N#Cc1ccc(CN2CCN(S(=O)(=O)c3ccccc3[N+](=O)[O-])CC2)cc1. The third kappa shape index (κ3) is 4.14. The zero-order valence-electron chi connectivity index (χ0n) is 14.5. The summed E-state index contributed by atoms with van der Waals surface area (Å²) in [6.45, 7) is 2.25. The second-order valence-electron chi connectivity index (χ2n) is 6.21. The molecule has 1 heterocycles. The highest BCUT2D eigenvalue weighted by atomic mass is 32.2. The Labute approximate surface area is 157 Å². The number of hydrogen-bond acceptors (Lipinski definition) is 6. The van der Waals surface area contributed by atoms with Crippen molar-refractivity contribution < 1.29 is 13.3 Å². The molecule has 27 heavy (non-hydrogen) atoms. The first kappa shape index (κ1) is 19.0. The van der Waals surface area contributed by atoms with Crippen molar-refractivity contribution in [1.82, 2.24) is 9.21 Å². The molecule has 8 nitrogen and oxygen atoms in total. The third-order valence-electron chi connectivity index (χ3n) is 4.50. The number of nitro benzene ring substituents is 1. The Balaban J connectivity index is 1.68. The van der Waals surface area contributed by atoms with E-state index in [9.17, 15) is 18.5 Å². The maximum absolute atomic E-state index is 12.8. The summed E-state index contributed by atoms with van der Waals surface area (Å²) in [7, 11) is -3.91. The van der Waals surface area contributed by atoms with Crippen LogP contribution in [0.1, 0.15) is 11.1 Å². The largest absolute Gasteiger partial charge is 0.296 e. The Hall–Kier alpha value is -2.80. The maximum atomic E-state index is 12.8. The Morgan fingerprint density at radius 1 is 1.04 bits per heavy atom. The summed E-state index contributed by atoms with van der Waals surface area (Å²) in [4.78, 5) is 12.3. The first-order chi connectivity index (χ1) is 12.9. The topological polar surface area (TPSA) is 108 Å². The van der Waals surface area contributed by atoms with Gasteiger partial charge in [-0.2, -0.15) is 9.57 Å². The van der Waals surface area contributed by atoms with E-state index in [-0.39, 0.29) is 18.0 Å². The Kier molecular flexibility index (Phi) is 5.51. The maximum Gasteiger partial charge on any atom is 0.289 e. The van der Waals surface area contributed by atoms with Crippen LogP contribution in [0.5, 0.6) is 0 Å². The fourth-order valence-electron chi connectivity index (χ4n) is 3.04. The summed E-state index contributed by atoms with van der Waals surface area (Å²) >= 11 is 0. The molecule has 2 aromatic carbocycles. The second kappa shape index (κ2) is 7.84. The Morgan fingerprint density at radius 2 is 1.67 bits per heavy atom. The number of nitrogens with zero attached hydrogens (tertiary/aromatic N) is 4. The number of para-hydroxylation sites is 1. The average molecular weight is 386 g/mol. The van der Waals surface area contributed by atoms with Crippen molar-refractivity contribution in [3.05, 3.63) is 69.8 Å². The van der Waals surface area contributed by atoms with Gasteiger partial charge in [0.15, 0.2) is 4.90 Å². The van der Waals surface area contributed by atoms with Gasteiger partial charge in [-0.3, -0.25) is 15.0 Å². The van der Waals surface area contributed by atoms with Crippen LogP contribution in [0.15, 0.2) is 53.4 Å². The zero-order valence-corrected chi connectivity index (χ0v) is 15.3. The van der Waals surface area contributed by atoms with Crippen LogP contribution in [-0.4, -0.2) is 48.7 Å². The van der Waals surface area contributed by atoms with E-state index in [0.29, 0.717) is 25.2 Å². The van der Waals surface area contributed by atoms with Gasteiger partial charge in [-0.05, 0) is 23.8 Å². The van der Waals surface area contributed by atoms with Crippen molar-refractivity contribution in [3.63, 3.8) is 0 Å². The molecule has 0 aliphatic carbocycles. The van der Waals surface area contributed by atoms with Crippen molar-refractivity contribution in [3.8, 4) is 6.07 Å². The lowest BCUT2D eigenvalue weighted by molar-refractivity contribution is -0.387. The molecule has 1 saturated heterocycles. The summed E-state index contributed by atoms with van der Waals surface area (Å²) in [6.07, 6.45) is 0. The van der Waals surface area contributed by atoms with Gasteiger partial charge in [0.05, 0.1) is 16.6 Å². The molecule has 9 heteroatoms. The number of hydrogen-bond donors (Lipinski definition) is 0. The average Bonchev–Trinajstić information content (AvgIpc) is 2.69. The van der Waals surface area contributed by atoms with E-state index in [1.165, 1.54) is 28.6 Å². The van der Waals surface area contributed by atoms with E-state index in [2.05, 4.69) is 11.0 Å². The fraction of sp³-hybridized carbons (Fsp3) is 0.278. The van der Waals surface area contributed by atoms with Gasteiger partial charge >= 0.3 is 0 Å². The molecule has 0 spiro atoms. The quantitative estimate of drug-likeness (QED) is 0.574. The zero-order chi connectivity index (χ0) is 19.4. The summed E-state index contributed by atoms with van der Waals surface area (Å²) in [5.74, 6) is 0. The van der Waals surface area contributed by atoms with E-state index < -0.39 is 20.6 Å². The molecule has 0 aromatic heterocycles. The normalized spacial score (nSPS) is 16.0. The van der Waals surface area contributed by atoms with Crippen LogP contribution in [0.4, 0.5) is 5.69 Å². The van der Waals surface area contributed by atoms with Crippen molar-refractivity contribution in [2.24, 2.45) is 0 Å². The smallest absolute Gasteiger partial charge is 0.289 e. The molecule has 1 aliphatic heterocycles. The van der Waals surface area contributed by atoms with E-state index >= 15 is 0 Å². The second-order valence-corrected chi connectivity index (χ2v) is 8.12. The molecule has 0 unspecified atom stereocenters. The fourth-order valence-corrected chi connectivity index (χ4v) is 4.62. The molecule has 2 aromatic rings. The minimum atomic E-state index is -3.91. The van der Waals surface area contributed by atoms with E-state index in [1.54, 1.807) is 12.1 Å². The van der Waals surface area contributed by atoms with Crippen molar-refractivity contribution >= 4 is 15.7 Å². The number of sulfonamides is 1. The van der Waals surface area contributed by atoms with Crippen molar-refractivity contribution in [2.45, 2.75) is 11.4 Å². The monoisotopic (exact) mass is 386 g/mol. The predicted octanol–water partition coefficient (Wildman–Crippen LogP) is 1.97. The van der Waals surface area contributed by atoms with Crippen LogP contribution >= 0.6 is 0 Å². The van der Waals surface area contributed by atoms with Gasteiger partial charge < -0.3 is 0 Å². The third-order valence-corrected chi connectivity index (χ3v) is 6.45. The first-order valence-corrected chi connectivity index (χ1v) is 9.81.